The van der Waals surface area contributed by atoms with Crippen LogP contribution in [0.3, 0.4) is 0 Å². The molecule has 1 aliphatic heterocycles. The maximum absolute atomic E-state index is 12.0. The van der Waals surface area contributed by atoms with Gasteiger partial charge in [-0.05, 0) is 82.1 Å². The summed E-state index contributed by atoms with van der Waals surface area (Å²) in [5.74, 6) is 0.303. The molecule has 264 valence electrons. The van der Waals surface area contributed by atoms with Crippen LogP contribution in [0.2, 0.25) is 0 Å². The van der Waals surface area contributed by atoms with E-state index in [2.05, 4.69) is 157 Å². The topological polar surface area (TPSA) is 52.7 Å². The van der Waals surface area contributed by atoms with Gasteiger partial charge in [-0.2, -0.15) is 11.3 Å². The van der Waals surface area contributed by atoms with Crippen LogP contribution in [0.25, 0.3) is 53.1 Å². The zero-order chi connectivity index (χ0) is 35.6. The Hall–Kier alpha value is -4.38. The van der Waals surface area contributed by atoms with Crippen LogP contribution in [0, 0.1) is 12.7 Å². The summed E-state index contributed by atoms with van der Waals surface area (Å²) in [5.41, 5.74) is 8.49. The quantitative estimate of drug-likeness (QED) is 0.179. The van der Waals surface area contributed by atoms with Crippen LogP contribution in [0.1, 0.15) is 72.1 Å². The van der Waals surface area contributed by atoms with Gasteiger partial charge in [0.1, 0.15) is 11.3 Å². The molecule has 0 radical (unpaired) electrons. The first kappa shape index (κ1) is 34.7. The maximum Gasteiger partial charge on any atom is 2.00 e. The van der Waals surface area contributed by atoms with E-state index in [1.807, 2.05) is 12.1 Å². The Morgan fingerprint density at radius 3 is 2.23 bits per heavy atom. The molecule has 3 aromatic heterocycles. The summed E-state index contributed by atoms with van der Waals surface area (Å²) >= 11 is 1.76. The van der Waals surface area contributed by atoms with Crippen molar-refractivity contribution in [2.75, 3.05) is 9.80 Å². The monoisotopic (exact) mass is 882 g/mol. The van der Waals surface area contributed by atoms with Crippen LogP contribution in [0.15, 0.2) is 95.4 Å². The number of thiophene rings is 1. The second-order valence-electron chi connectivity index (χ2n) is 16.4. The Labute approximate surface area is 323 Å². The Balaban J connectivity index is 0.00000387. The van der Waals surface area contributed by atoms with Crippen LogP contribution < -0.4 is 9.80 Å². The number of rotatable bonds is 3. The number of aromatic nitrogens is 1. The number of benzene rings is 5. The number of aromatic hydroxyl groups is 1. The predicted molar refractivity (Wildman–Crippen MR) is 215 cm³/mol. The van der Waals surface area contributed by atoms with Gasteiger partial charge < -0.3 is 19.3 Å². The van der Waals surface area contributed by atoms with Gasteiger partial charge in [-0.1, -0.05) is 102 Å². The van der Waals surface area contributed by atoms with Crippen LogP contribution in [-0.2, 0) is 37.4 Å². The second kappa shape index (κ2) is 11.8. The van der Waals surface area contributed by atoms with E-state index in [-0.39, 0.29) is 31.9 Å². The minimum atomic E-state index is -0.639. The summed E-state index contributed by atoms with van der Waals surface area (Å²) in [6, 6.07) is 35.5. The fourth-order valence-electron chi connectivity index (χ4n) is 7.65. The number of fused-ring (bicyclic) bond motifs is 9. The molecule has 0 aliphatic carbocycles. The summed E-state index contributed by atoms with van der Waals surface area (Å²) in [6.45, 7) is 19.8. The van der Waals surface area contributed by atoms with Crippen LogP contribution in [0.4, 0.5) is 17.1 Å². The standard InChI is InChI=1S/C45H41N3O2S.Pt/c1-43(2,3)27-22-30(44(4,5)6)40(49)35(23-27)47-25-48(34-19-13-12-18-33(34)47)45(7,8)31-24-29-39-37(21-26-15-9-11-17-32(26)46-39)51-42(29)38-28-16-10-14-20-36(28)50-41(31)38;/h9-23,25,49H,1-8H3;/q-2;+2. The number of pyridine rings is 1. The number of para-hydroxylation sites is 4. The van der Waals surface area contributed by atoms with Crippen molar-refractivity contribution in [3.05, 3.63) is 120 Å². The average molecular weight is 883 g/mol. The number of hydrogen-bond acceptors (Lipinski definition) is 6. The fraction of sp³-hybridized carbons (Fsp3) is 0.244. The maximum atomic E-state index is 12.0. The first-order valence-electron chi connectivity index (χ1n) is 17.6. The summed E-state index contributed by atoms with van der Waals surface area (Å²) < 4.78 is 9.07. The molecule has 1 aliphatic rings. The Morgan fingerprint density at radius 2 is 1.48 bits per heavy atom. The number of nitrogens with zero attached hydrogens (tertiary/aromatic N) is 3. The van der Waals surface area contributed by atoms with Crippen LogP contribution in [-0.4, -0.2) is 10.1 Å². The van der Waals surface area contributed by atoms with Gasteiger partial charge in [0.25, 0.3) is 0 Å². The molecule has 52 heavy (non-hydrogen) atoms. The smallest absolute Gasteiger partial charge is 0.506 e. The Bertz CT molecular complexity index is 2710. The van der Waals surface area contributed by atoms with E-state index in [9.17, 15) is 5.11 Å². The molecule has 5 nitrogen and oxygen atoms in total. The Kier molecular flexibility index (Phi) is 7.88. The van der Waals surface area contributed by atoms with Crippen molar-refractivity contribution in [1.29, 1.82) is 0 Å². The van der Waals surface area contributed by atoms with E-state index in [4.69, 9.17) is 9.40 Å². The molecule has 0 saturated carbocycles. The molecule has 9 rings (SSSR count). The largest absolute Gasteiger partial charge is 2.00 e. The third-order valence-electron chi connectivity index (χ3n) is 10.5. The van der Waals surface area contributed by atoms with E-state index in [1.165, 1.54) is 5.56 Å². The van der Waals surface area contributed by atoms with Gasteiger partial charge in [-0.25, -0.2) is 0 Å². The molecule has 7 heteroatoms. The molecule has 0 atom stereocenters. The van der Waals surface area contributed by atoms with Gasteiger partial charge in [0.15, 0.2) is 0 Å². The minimum absolute atomic E-state index is 0. The summed E-state index contributed by atoms with van der Waals surface area (Å²) in [5, 5.41) is 16.3. The number of phenols is 1. The SMILES string of the molecule is CC(C)(C)c1cc(N2[CH-]N(C(C)(C)c3[c-]c4c5nc6ccccc6cc5sc4c4c3oc3ccccc34)c3ccccc32)c(O)c(C(C)(C)C)c1.[Pt+2]. The van der Waals surface area contributed by atoms with Gasteiger partial charge in [0.05, 0.1) is 16.8 Å². The molecular formula is C45H41N3O2PtS. The van der Waals surface area contributed by atoms with Gasteiger partial charge in [0.2, 0.25) is 0 Å². The molecule has 5 aromatic carbocycles. The molecule has 0 spiro atoms. The first-order chi connectivity index (χ1) is 24.2. The number of hydrogen-bond donors (Lipinski definition) is 1. The molecule has 1 N–H and O–H groups in total. The molecule has 0 saturated heterocycles. The van der Waals surface area contributed by atoms with E-state index in [0.717, 1.165) is 81.3 Å². The average Bonchev–Trinajstić information content (AvgIpc) is 3.77. The van der Waals surface area contributed by atoms with Gasteiger partial charge in [-0.3, -0.25) is 4.98 Å². The molecule has 0 fully saturated rings. The van der Waals surface area contributed by atoms with E-state index in [1.54, 1.807) is 11.3 Å². The molecule has 0 bridgehead atoms. The van der Waals surface area contributed by atoms with Crippen molar-refractivity contribution in [2.24, 2.45) is 0 Å². The van der Waals surface area contributed by atoms with Crippen molar-refractivity contribution in [3.63, 3.8) is 0 Å². The van der Waals surface area contributed by atoms with Gasteiger partial charge in [-0.15, -0.1) is 18.1 Å². The minimum Gasteiger partial charge on any atom is -0.506 e. The first-order valence-corrected chi connectivity index (χ1v) is 18.4. The van der Waals surface area contributed by atoms with Crippen LogP contribution >= 0.6 is 11.3 Å². The zero-order valence-corrected chi connectivity index (χ0v) is 33.7. The number of phenolic OH excluding ortho intramolecular Hbond substituents is 1. The third kappa shape index (κ3) is 5.16. The number of anilines is 3. The number of furan rings is 1. The molecule has 0 amide bonds. The second-order valence-corrected chi connectivity index (χ2v) is 17.5. The summed E-state index contributed by atoms with van der Waals surface area (Å²) in [7, 11) is 0. The molecule has 4 heterocycles. The molecule has 0 unspecified atom stereocenters. The van der Waals surface area contributed by atoms with Gasteiger partial charge >= 0.3 is 21.1 Å². The van der Waals surface area contributed by atoms with Crippen molar-refractivity contribution in [1.82, 2.24) is 4.98 Å². The predicted octanol–water partition coefficient (Wildman–Crippen LogP) is 12.6. The molecule has 8 aromatic rings. The fourth-order valence-corrected chi connectivity index (χ4v) is 8.85. The Morgan fingerprint density at radius 1 is 0.788 bits per heavy atom. The van der Waals surface area contributed by atoms with Crippen LogP contribution in [0.5, 0.6) is 5.75 Å². The summed E-state index contributed by atoms with van der Waals surface area (Å²) in [4.78, 5) is 9.66. The van der Waals surface area contributed by atoms with Crippen molar-refractivity contribution in [3.8, 4) is 5.75 Å². The van der Waals surface area contributed by atoms with Crippen molar-refractivity contribution < 1.29 is 30.6 Å². The van der Waals surface area contributed by atoms with E-state index >= 15 is 0 Å². The van der Waals surface area contributed by atoms with Crippen molar-refractivity contribution in [2.45, 2.75) is 71.8 Å². The molecular weight excluding hydrogens is 842 g/mol. The summed E-state index contributed by atoms with van der Waals surface area (Å²) in [6.07, 6.45) is 0. The van der Waals surface area contributed by atoms with E-state index < -0.39 is 5.54 Å². The third-order valence-corrected chi connectivity index (χ3v) is 11.7. The zero-order valence-electron chi connectivity index (χ0n) is 30.7. The van der Waals surface area contributed by atoms with Gasteiger partial charge in [0, 0.05) is 38.1 Å². The normalized spacial score (nSPS) is 13.9. The van der Waals surface area contributed by atoms with E-state index in [0.29, 0.717) is 5.75 Å². The van der Waals surface area contributed by atoms with Crippen molar-refractivity contribution >= 4 is 81.5 Å².